The smallest absolute Gasteiger partial charge is 0.310 e. The number of fused-ring (bicyclic) bond motifs is 3. The van der Waals surface area contributed by atoms with Crippen LogP contribution in [0.2, 0.25) is 0 Å². The fourth-order valence-corrected chi connectivity index (χ4v) is 4.40. The number of rotatable bonds is 5. The maximum absolute atomic E-state index is 10.4. The molecule has 0 aliphatic carbocycles. The highest BCUT2D eigenvalue weighted by atomic mass is 32.1. The van der Waals surface area contributed by atoms with Crippen LogP contribution in [0.5, 0.6) is 0 Å². The average Bonchev–Trinajstić information content (AvgIpc) is 3.04. The second kappa shape index (κ2) is 7.04. The topological polar surface area (TPSA) is 29.5 Å². The van der Waals surface area contributed by atoms with Crippen molar-refractivity contribution in [1.82, 2.24) is 0 Å². The van der Waals surface area contributed by atoms with Crippen molar-refractivity contribution in [3.05, 3.63) is 66.7 Å². The maximum Gasteiger partial charge on any atom is 0.310 e. The molecule has 4 heteroatoms. The summed E-state index contributed by atoms with van der Waals surface area (Å²) in [6, 6.07) is 23.6. The lowest BCUT2D eigenvalue weighted by molar-refractivity contribution is -0.0893. The van der Waals surface area contributed by atoms with Crippen LogP contribution in [0.4, 0.5) is 0 Å². The van der Waals surface area contributed by atoms with Gasteiger partial charge in [-0.3, -0.25) is 0 Å². The second-order valence-corrected chi connectivity index (χ2v) is 9.38. The Morgan fingerprint density at radius 3 is 2.29 bits per heavy atom. The van der Waals surface area contributed by atoms with E-state index >= 15 is 0 Å². The molecule has 1 N–H and O–H groups in total. The average molecular weight is 388 g/mol. The highest BCUT2D eigenvalue weighted by molar-refractivity contribution is 7.27. The summed E-state index contributed by atoms with van der Waals surface area (Å²) in [5.74, 6) is 0. The number of thiophene rings is 1. The summed E-state index contributed by atoms with van der Waals surface area (Å²) in [5.41, 5.74) is 2.09. The van der Waals surface area contributed by atoms with Crippen molar-refractivity contribution in [2.75, 3.05) is 0 Å². The quantitative estimate of drug-likeness (QED) is 0.473. The molecular formula is C24H25BO2S. The molecule has 0 atom stereocenters. The van der Waals surface area contributed by atoms with Crippen LogP contribution in [0, 0.1) is 0 Å². The van der Waals surface area contributed by atoms with Crippen LogP contribution < -0.4 is 5.46 Å². The van der Waals surface area contributed by atoms with Gasteiger partial charge in [0.2, 0.25) is 0 Å². The standard InChI is InChI=1S/C24H25BO2S/c1-23(2,26)24(3,4)27-25-20-12-8-11-18-19-15-17(16-9-6-5-7-10-16)13-14-21(19)28-22(18)20/h5-15,25-26H,1-4H3. The van der Waals surface area contributed by atoms with Gasteiger partial charge in [-0.15, -0.1) is 11.3 Å². The van der Waals surface area contributed by atoms with Crippen LogP contribution in [0.25, 0.3) is 31.3 Å². The monoisotopic (exact) mass is 388 g/mol. The molecule has 2 nitrogen and oxygen atoms in total. The number of hydrogen-bond donors (Lipinski definition) is 1. The Hall–Kier alpha value is -2.14. The van der Waals surface area contributed by atoms with Crippen LogP contribution in [0.3, 0.4) is 0 Å². The Labute approximate surface area is 171 Å². The highest BCUT2D eigenvalue weighted by Gasteiger charge is 2.35. The molecule has 28 heavy (non-hydrogen) atoms. The van der Waals surface area contributed by atoms with Gasteiger partial charge in [-0.1, -0.05) is 54.6 Å². The first kappa shape index (κ1) is 19.2. The lowest BCUT2D eigenvalue weighted by atomic mass is 9.82. The van der Waals surface area contributed by atoms with Crippen molar-refractivity contribution in [3.8, 4) is 11.1 Å². The van der Waals surface area contributed by atoms with Gasteiger partial charge in [-0.05, 0) is 61.8 Å². The van der Waals surface area contributed by atoms with Gasteiger partial charge < -0.3 is 9.76 Å². The lowest BCUT2D eigenvalue weighted by Gasteiger charge is -2.37. The predicted molar refractivity (Wildman–Crippen MR) is 123 cm³/mol. The van der Waals surface area contributed by atoms with Crippen molar-refractivity contribution in [1.29, 1.82) is 0 Å². The van der Waals surface area contributed by atoms with Crippen LogP contribution in [0.1, 0.15) is 27.7 Å². The van der Waals surface area contributed by atoms with Gasteiger partial charge in [0.05, 0.1) is 11.2 Å². The first-order chi connectivity index (χ1) is 13.3. The van der Waals surface area contributed by atoms with E-state index in [0.29, 0.717) is 7.48 Å². The van der Waals surface area contributed by atoms with Gasteiger partial charge in [0, 0.05) is 14.8 Å². The summed E-state index contributed by atoms with van der Waals surface area (Å²) in [6.07, 6.45) is 0. The summed E-state index contributed by atoms with van der Waals surface area (Å²) >= 11 is 1.81. The third kappa shape index (κ3) is 3.48. The molecular weight excluding hydrogens is 363 g/mol. The molecule has 0 saturated carbocycles. The Morgan fingerprint density at radius 1 is 0.821 bits per heavy atom. The molecule has 0 aliphatic heterocycles. The molecule has 3 aromatic carbocycles. The Morgan fingerprint density at radius 2 is 1.57 bits per heavy atom. The fraction of sp³-hybridized carbons (Fsp3) is 0.250. The molecule has 142 valence electrons. The van der Waals surface area contributed by atoms with Gasteiger partial charge in [0.15, 0.2) is 0 Å². The Balaban J connectivity index is 1.74. The normalized spacial score (nSPS) is 12.6. The molecule has 0 aliphatic rings. The Kier molecular flexibility index (Phi) is 4.82. The van der Waals surface area contributed by atoms with Crippen LogP contribution in [0.15, 0.2) is 66.7 Å². The zero-order valence-corrected chi connectivity index (χ0v) is 17.6. The van der Waals surface area contributed by atoms with Gasteiger partial charge in [0.25, 0.3) is 0 Å². The van der Waals surface area contributed by atoms with Crippen molar-refractivity contribution < 1.29 is 9.76 Å². The molecule has 4 rings (SSSR count). The van der Waals surface area contributed by atoms with Crippen LogP contribution >= 0.6 is 11.3 Å². The second-order valence-electron chi connectivity index (χ2n) is 8.33. The van der Waals surface area contributed by atoms with Crippen molar-refractivity contribution in [3.63, 3.8) is 0 Å². The number of benzene rings is 3. The lowest BCUT2D eigenvalue weighted by Crippen LogP contribution is -2.49. The first-order valence-corrected chi connectivity index (χ1v) is 10.4. The van der Waals surface area contributed by atoms with E-state index in [-0.39, 0.29) is 0 Å². The van der Waals surface area contributed by atoms with E-state index in [2.05, 4.69) is 60.7 Å². The predicted octanol–water partition coefficient (Wildman–Crippen LogP) is 5.26. The molecule has 0 bridgehead atoms. The summed E-state index contributed by atoms with van der Waals surface area (Å²) in [6.45, 7) is 7.45. The van der Waals surface area contributed by atoms with Crippen LogP contribution in [-0.2, 0) is 4.65 Å². The minimum absolute atomic E-state index is 0.479. The number of hydrogen-bond acceptors (Lipinski definition) is 3. The molecule has 1 heterocycles. The largest absolute Gasteiger partial charge is 0.427 e. The van der Waals surface area contributed by atoms with E-state index in [1.54, 1.807) is 13.8 Å². The maximum atomic E-state index is 10.4. The molecule has 0 fully saturated rings. The third-order valence-electron chi connectivity index (χ3n) is 5.75. The molecule has 1 aromatic heterocycles. The van der Waals surface area contributed by atoms with Crippen molar-refractivity contribution >= 4 is 44.5 Å². The summed E-state index contributed by atoms with van der Waals surface area (Å²) in [4.78, 5) is 0. The van der Waals surface area contributed by atoms with E-state index in [4.69, 9.17) is 4.65 Å². The molecule has 0 radical (unpaired) electrons. The molecule has 0 spiro atoms. The van der Waals surface area contributed by atoms with E-state index in [0.717, 1.165) is 5.46 Å². The van der Waals surface area contributed by atoms with E-state index < -0.39 is 11.2 Å². The third-order valence-corrected chi connectivity index (χ3v) is 7.01. The fourth-order valence-electron chi connectivity index (χ4n) is 3.22. The zero-order chi connectivity index (χ0) is 19.9. The first-order valence-electron chi connectivity index (χ1n) is 9.62. The van der Waals surface area contributed by atoms with Crippen molar-refractivity contribution in [2.45, 2.75) is 38.9 Å². The summed E-state index contributed by atoms with van der Waals surface area (Å²) < 4.78 is 8.67. The molecule has 0 saturated heterocycles. The van der Waals surface area contributed by atoms with Crippen LogP contribution in [-0.4, -0.2) is 23.8 Å². The van der Waals surface area contributed by atoms with Gasteiger partial charge in [-0.25, -0.2) is 0 Å². The van der Waals surface area contributed by atoms with Gasteiger partial charge in [0.1, 0.15) is 0 Å². The van der Waals surface area contributed by atoms with E-state index in [9.17, 15) is 5.11 Å². The number of aliphatic hydroxyl groups is 1. The zero-order valence-electron chi connectivity index (χ0n) is 16.8. The summed E-state index contributed by atoms with van der Waals surface area (Å²) in [7, 11) is 0.479. The van der Waals surface area contributed by atoms with Gasteiger partial charge >= 0.3 is 7.48 Å². The molecule has 0 unspecified atom stereocenters. The minimum Gasteiger partial charge on any atom is -0.427 e. The van der Waals surface area contributed by atoms with Crippen molar-refractivity contribution in [2.24, 2.45) is 0 Å². The molecule has 0 amide bonds. The van der Waals surface area contributed by atoms with E-state index in [1.807, 2.05) is 31.3 Å². The minimum atomic E-state index is -0.911. The van der Waals surface area contributed by atoms with Gasteiger partial charge in [-0.2, -0.15) is 0 Å². The Bertz CT molecular complexity index is 1120. The van der Waals surface area contributed by atoms with E-state index in [1.165, 1.54) is 31.3 Å². The molecule has 4 aromatic rings. The SMILES string of the molecule is CC(C)(O)C(C)(C)OBc1cccc2c1sc1ccc(-c3ccccc3)cc12. The highest BCUT2D eigenvalue weighted by Crippen LogP contribution is 2.35. The summed E-state index contributed by atoms with van der Waals surface area (Å²) in [5, 5.41) is 12.9.